The normalized spacial score (nSPS) is 14.1. The number of allylic oxidation sites excluding steroid dienone is 1. The van der Waals surface area contributed by atoms with Gasteiger partial charge in [0.15, 0.2) is 4.80 Å². The highest BCUT2D eigenvalue weighted by Crippen LogP contribution is 2.32. The van der Waals surface area contributed by atoms with Gasteiger partial charge in [-0.25, -0.2) is 9.79 Å². The monoisotopic (exact) mass is 659 g/mol. The molecule has 1 N–H and O–H groups in total. The van der Waals surface area contributed by atoms with Gasteiger partial charge in [0.2, 0.25) is 0 Å². The van der Waals surface area contributed by atoms with Gasteiger partial charge in [0.25, 0.3) is 11.5 Å². The van der Waals surface area contributed by atoms with Crippen LogP contribution in [0.4, 0.5) is 5.69 Å². The molecule has 0 aliphatic carbocycles. The Morgan fingerprint density at radius 1 is 0.958 bits per heavy atom. The number of ether oxygens (including phenoxy) is 3. The highest BCUT2D eigenvalue weighted by atomic mass is 32.1. The van der Waals surface area contributed by atoms with E-state index in [1.54, 1.807) is 43.7 Å². The molecular weight excluding hydrogens is 626 g/mol. The summed E-state index contributed by atoms with van der Waals surface area (Å²) in [6.45, 7) is 4.12. The lowest BCUT2D eigenvalue weighted by molar-refractivity contribution is -0.113. The van der Waals surface area contributed by atoms with E-state index in [4.69, 9.17) is 19.2 Å². The van der Waals surface area contributed by atoms with Crippen LogP contribution >= 0.6 is 11.3 Å². The van der Waals surface area contributed by atoms with E-state index in [-0.39, 0.29) is 24.0 Å². The molecule has 242 valence electrons. The summed E-state index contributed by atoms with van der Waals surface area (Å²) >= 11 is 1.25. The van der Waals surface area contributed by atoms with Crippen LogP contribution in [-0.2, 0) is 16.1 Å². The third-order valence-electron chi connectivity index (χ3n) is 7.77. The van der Waals surface area contributed by atoms with E-state index in [9.17, 15) is 14.4 Å². The Bertz CT molecular complexity index is 2190. The lowest BCUT2D eigenvalue weighted by Gasteiger charge is -2.25. The van der Waals surface area contributed by atoms with Gasteiger partial charge < -0.3 is 19.5 Å². The fourth-order valence-electron chi connectivity index (χ4n) is 5.44. The van der Waals surface area contributed by atoms with Crippen molar-refractivity contribution in [3.05, 3.63) is 156 Å². The van der Waals surface area contributed by atoms with Crippen molar-refractivity contribution in [3.8, 4) is 11.5 Å². The van der Waals surface area contributed by atoms with E-state index < -0.39 is 6.04 Å². The number of hydrogen-bond donors (Lipinski definition) is 1. The average molecular weight is 660 g/mol. The Morgan fingerprint density at radius 2 is 1.71 bits per heavy atom. The van der Waals surface area contributed by atoms with Gasteiger partial charge in [0, 0.05) is 11.3 Å². The smallest absolute Gasteiger partial charge is 0.338 e. The first-order valence-electron chi connectivity index (χ1n) is 15.4. The number of fused-ring (bicyclic) bond motifs is 1. The van der Waals surface area contributed by atoms with Crippen molar-refractivity contribution < 1.29 is 23.8 Å². The van der Waals surface area contributed by atoms with Crippen LogP contribution in [0.5, 0.6) is 11.5 Å². The first kappa shape index (κ1) is 32.2. The molecule has 48 heavy (non-hydrogen) atoms. The van der Waals surface area contributed by atoms with Crippen LogP contribution in [0.3, 0.4) is 0 Å². The van der Waals surface area contributed by atoms with E-state index in [0.29, 0.717) is 61.1 Å². The number of aromatic nitrogens is 1. The lowest BCUT2D eigenvalue weighted by atomic mass is 9.95. The molecule has 1 atom stereocenters. The van der Waals surface area contributed by atoms with E-state index in [0.717, 1.165) is 5.56 Å². The first-order valence-corrected chi connectivity index (χ1v) is 16.2. The predicted molar refractivity (Wildman–Crippen MR) is 185 cm³/mol. The zero-order chi connectivity index (χ0) is 33.6. The van der Waals surface area contributed by atoms with Crippen molar-refractivity contribution in [3.63, 3.8) is 0 Å². The second-order valence-electron chi connectivity index (χ2n) is 10.9. The number of anilines is 1. The van der Waals surface area contributed by atoms with Gasteiger partial charge in [-0.2, -0.15) is 0 Å². The van der Waals surface area contributed by atoms with Gasteiger partial charge in [0.05, 0.1) is 41.1 Å². The summed E-state index contributed by atoms with van der Waals surface area (Å²) in [5.74, 6) is 0.470. The summed E-state index contributed by atoms with van der Waals surface area (Å²) < 4.78 is 18.7. The zero-order valence-electron chi connectivity index (χ0n) is 26.6. The van der Waals surface area contributed by atoms with Crippen LogP contribution < -0.4 is 29.7 Å². The fourth-order valence-corrected chi connectivity index (χ4v) is 6.48. The summed E-state index contributed by atoms with van der Waals surface area (Å²) in [6.07, 6.45) is 1.79. The molecule has 1 aliphatic rings. The Morgan fingerprint density at radius 3 is 2.46 bits per heavy atom. The van der Waals surface area contributed by atoms with Crippen molar-refractivity contribution >= 4 is 35.0 Å². The maximum atomic E-state index is 14.2. The van der Waals surface area contributed by atoms with Gasteiger partial charge in [-0.15, -0.1) is 0 Å². The average Bonchev–Trinajstić information content (AvgIpc) is 3.41. The van der Waals surface area contributed by atoms with Gasteiger partial charge >= 0.3 is 5.97 Å². The minimum atomic E-state index is -0.744. The first-order chi connectivity index (χ1) is 23.4. The topological polar surface area (TPSA) is 108 Å². The maximum absolute atomic E-state index is 14.2. The predicted octanol–water partition coefficient (Wildman–Crippen LogP) is 5.64. The Kier molecular flexibility index (Phi) is 9.63. The molecule has 1 amide bonds. The lowest BCUT2D eigenvalue weighted by Crippen LogP contribution is -2.40. The number of benzene rings is 4. The molecule has 6 rings (SSSR count). The zero-order valence-corrected chi connectivity index (χ0v) is 27.5. The minimum Gasteiger partial charge on any atom is -0.497 e. The number of nitrogens with one attached hydrogen (secondary N) is 1. The third-order valence-corrected chi connectivity index (χ3v) is 8.76. The van der Waals surface area contributed by atoms with E-state index in [2.05, 4.69) is 5.32 Å². The third kappa shape index (κ3) is 6.84. The van der Waals surface area contributed by atoms with Crippen molar-refractivity contribution in [2.45, 2.75) is 26.5 Å². The minimum absolute atomic E-state index is 0.254. The van der Waals surface area contributed by atoms with Crippen molar-refractivity contribution in [2.24, 2.45) is 4.99 Å². The van der Waals surface area contributed by atoms with Crippen molar-refractivity contribution in [1.82, 2.24) is 4.57 Å². The largest absolute Gasteiger partial charge is 0.497 e. The SMILES string of the molecule is CCOC(=O)c1ccc(COc2ccccc2/C=c2\sc3n(c2=O)[C@@H](c2cccc(OC)c2)C(C(=O)Nc2ccccc2)=C(C)N=3)cc1. The number of para-hydroxylation sites is 2. The molecule has 0 radical (unpaired) electrons. The van der Waals surface area contributed by atoms with E-state index in [1.165, 1.54) is 11.3 Å². The van der Waals surface area contributed by atoms with Gasteiger partial charge in [0.1, 0.15) is 18.1 Å². The van der Waals surface area contributed by atoms with Gasteiger partial charge in [-0.3, -0.25) is 14.2 Å². The number of methoxy groups -OCH3 is 1. The summed E-state index contributed by atoms with van der Waals surface area (Å²) in [5, 5.41) is 2.97. The molecule has 2 heterocycles. The molecule has 0 fully saturated rings. The Labute approximate surface area is 281 Å². The number of amides is 1. The van der Waals surface area contributed by atoms with Gasteiger partial charge in [-0.05, 0) is 73.5 Å². The Hall–Kier alpha value is -5.74. The fraction of sp³-hybridized carbons (Fsp3) is 0.158. The van der Waals surface area contributed by atoms with Crippen LogP contribution in [0.25, 0.3) is 6.08 Å². The van der Waals surface area contributed by atoms with Gasteiger partial charge in [-0.1, -0.05) is 72.0 Å². The molecule has 10 heteroatoms. The van der Waals surface area contributed by atoms with Crippen molar-refractivity contribution in [2.75, 3.05) is 19.0 Å². The standard InChI is InChI=1S/C38H33N3O6S/c1-4-46-37(44)26-19-17-25(18-20-26)23-47-31-16-9-8-11-27(31)22-32-36(43)41-34(28-12-10-15-30(21-28)45-3)33(24(2)39-38(41)48-32)35(42)40-29-13-6-5-7-14-29/h5-22,34H,4,23H2,1-3H3,(H,40,42)/b32-22-/t34-/m0/s1. The van der Waals surface area contributed by atoms with Crippen LogP contribution in [0.15, 0.2) is 124 Å². The molecular formula is C38H33N3O6S. The summed E-state index contributed by atoms with van der Waals surface area (Å²) in [5.41, 5.74) is 4.00. The summed E-state index contributed by atoms with van der Waals surface area (Å²) in [4.78, 5) is 45.3. The van der Waals surface area contributed by atoms with Crippen LogP contribution in [0, 0.1) is 0 Å². The molecule has 1 aromatic heterocycles. The number of hydrogen-bond acceptors (Lipinski definition) is 8. The van der Waals surface area contributed by atoms with Crippen LogP contribution in [-0.4, -0.2) is 30.2 Å². The summed E-state index contributed by atoms with van der Waals surface area (Å²) in [7, 11) is 1.58. The molecule has 1 aliphatic heterocycles. The van der Waals surface area contributed by atoms with E-state index >= 15 is 0 Å². The molecule has 4 aromatic carbocycles. The quantitative estimate of drug-likeness (QED) is 0.195. The molecule has 0 saturated heterocycles. The molecule has 0 saturated carbocycles. The number of carbonyl (C=O) groups excluding carboxylic acids is 2. The summed E-state index contributed by atoms with van der Waals surface area (Å²) in [6, 6.07) is 30.3. The molecule has 0 spiro atoms. The number of carbonyl (C=O) groups is 2. The number of thiazole rings is 1. The number of esters is 1. The second kappa shape index (κ2) is 14.4. The second-order valence-corrected chi connectivity index (χ2v) is 11.9. The number of rotatable bonds is 10. The molecule has 5 aromatic rings. The molecule has 0 bridgehead atoms. The van der Waals surface area contributed by atoms with Crippen molar-refractivity contribution in [1.29, 1.82) is 0 Å². The van der Waals surface area contributed by atoms with Crippen LogP contribution in [0.2, 0.25) is 0 Å². The highest BCUT2D eigenvalue weighted by Gasteiger charge is 2.33. The highest BCUT2D eigenvalue weighted by molar-refractivity contribution is 7.07. The molecule has 9 nitrogen and oxygen atoms in total. The molecule has 0 unspecified atom stereocenters. The van der Waals surface area contributed by atoms with E-state index in [1.807, 2.05) is 91.0 Å². The van der Waals surface area contributed by atoms with Crippen LogP contribution in [0.1, 0.15) is 46.9 Å². The number of nitrogens with zero attached hydrogens (tertiary/aromatic N) is 2. The Balaban J connectivity index is 1.36. The maximum Gasteiger partial charge on any atom is 0.338 e.